The Labute approximate surface area is 62.2 Å². The number of aliphatic imine (C=N–C) groups is 1. The lowest BCUT2D eigenvalue weighted by molar-refractivity contribution is 0.387. The summed E-state index contributed by atoms with van der Waals surface area (Å²) in [5.41, 5.74) is 0. The molecule has 0 bridgehead atoms. The molecule has 0 spiro atoms. The lowest BCUT2D eigenvalue weighted by Crippen LogP contribution is -2.06. The van der Waals surface area contributed by atoms with Crippen LogP contribution in [0.25, 0.3) is 0 Å². The molecule has 0 aromatic rings. The van der Waals surface area contributed by atoms with E-state index in [1.165, 1.54) is 19.3 Å². The molecule has 0 amide bonds. The van der Waals surface area contributed by atoms with Crippen molar-refractivity contribution < 1.29 is 0 Å². The van der Waals surface area contributed by atoms with Gasteiger partial charge in [0.15, 0.2) is 0 Å². The zero-order chi connectivity index (χ0) is 7.23. The second-order valence-electron chi connectivity index (χ2n) is 2.57. The van der Waals surface area contributed by atoms with Gasteiger partial charge in [-0.2, -0.15) is 0 Å². The number of rotatable bonds is 3. The maximum absolute atomic E-state index is 3.99. The predicted octanol–water partition coefficient (Wildman–Crippen LogP) is 2.56. The fraction of sp³-hybridized carbons (Fsp3) is 0.444. The van der Waals surface area contributed by atoms with Crippen LogP contribution in [0.2, 0.25) is 0 Å². The molecule has 54 valence electrons. The summed E-state index contributed by atoms with van der Waals surface area (Å²) in [6.07, 6.45) is 11.5. The molecule has 0 N–H and O–H groups in total. The minimum absolute atomic E-state index is 0.807. The number of hydrogen-bond donors (Lipinski definition) is 0. The lowest BCUT2D eigenvalue weighted by atomic mass is 9.86. The van der Waals surface area contributed by atoms with E-state index in [0.717, 1.165) is 5.92 Å². The van der Waals surface area contributed by atoms with Gasteiger partial charge in [-0.15, -0.1) is 0 Å². The van der Waals surface area contributed by atoms with Crippen molar-refractivity contribution in [2.75, 3.05) is 0 Å². The van der Waals surface area contributed by atoms with Crippen LogP contribution in [0.1, 0.15) is 19.3 Å². The van der Waals surface area contributed by atoms with Gasteiger partial charge in [-0.25, -0.2) is 0 Å². The average molecular weight is 135 g/mol. The van der Waals surface area contributed by atoms with Crippen molar-refractivity contribution in [3.8, 4) is 0 Å². The van der Waals surface area contributed by atoms with Gasteiger partial charge in [0, 0.05) is 12.4 Å². The predicted molar refractivity (Wildman–Crippen MR) is 45.2 cm³/mol. The van der Waals surface area contributed by atoms with E-state index in [1.807, 2.05) is 6.20 Å². The first kappa shape index (κ1) is 7.26. The number of allylic oxidation sites excluding steroid dienone is 2. The SMILES string of the molecule is C=CC=N/C=C\C1CCC1. The molecule has 0 saturated heterocycles. The molecular formula is C9H13N. The Hall–Kier alpha value is -0.850. The maximum Gasteiger partial charge on any atom is 0.0261 e. The van der Waals surface area contributed by atoms with E-state index < -0.39 is 0 Å². The Morgan fingerprint density at radius 1 is 1.40 bits per heavy atom. The molecule has 0 radical (unpaired) electrons. The van der Waals surface area contributed by atoms with Crippen LogP contribution in [0, 0.1) is 5.92 Å². The summed E-state index contributed by atoms with van der Waals surface area (Å²) in [6, 6.07) is 0. The Morgan fingerprint density at radius 2 is 2.20 bits per heavy atom. The van der Waals surface area contributed by atoms with Gasteiger partial charge >= 0.3 is 0 Å². The largest absolute Gasteiger partial charge is 0.265 e. The second-order valence-corrected chi connectivity index (χ2v) is 2.57. The van der Waals surface area contributed by atoms with E-state index in [4.69, 9.17) is 0 Å². The highest BCUT2D eigenvalue weighted by atomic mass is 14.7. The molecule has 1 heteroatoms. The third kappa shape index (κ3) is 2.18. The highest BCUT2D eigenvalue weighted by molar-refractivity contribution is 5.70. The van der Waals surface area contributed by atoms with Crippen LogP contribution in [0.5, 0.6) is 0 Å². The molecule has 1 aliphatic rings. The van der Waals surface area contributed by atoms with Crippen molar-refractivity contribution in [2.24, 2.45) is 10.9 Å². The molecule has 0 aromatic carbocycles. The summed E-state index contributed by atoms with van der Waals surface area (Å²) in [5, 5.41) is 0. The summed E-state index contributed by atoms with van der Waals surface area (Å²) < 4.78 is 0. The standard InChI is InChI=1S/C9H13N/c1-2-7-10-8-6-9-4-3-5-9/h2,6-9H,1,3-5H2/b8-6-,10-7?. The van der Waals surface area contributed by atoms with Crippen molar-refractivity contribution in [3.63, 3.8) is 0 Å². The monoisotopic (exact) mass is 135 g/mol. The zero-order valence-electron chi connectivity index (χ0n) is 6.16. The molecule has 1 saturated carbocycles. The molecule has 0 aromatic heterocycles. The molecule has 0 unspecified atom stereocenters. The maximum atomic E-state index is 3.99. The second kappa shape index (κ2) is 4.04. The molecular weight excluding hydrogens is 122 g/mol. The first-order valence-electron chi connectivity index (χ1n) is 3.74. The highest BCUT2D eigenvalue weighted by Gasteiger charge is 2.12. The van der Waals surface area contributed by atoms with Crippen LogP contribution in [0.3, 0.4) is 0 Å². The quantitative estimate of drug-likeness (QED) is 0.527. The Kier molecular flexibility index (Phi) is 2.94. The summed E-state index contributed by atoms with van der Waals surface area (Å²) in [7, 11) is 0. The minimum Gasteiger partial charge on any atom is -0.265 e. The minimum atomic E-state index is 0.807. The van der Waals surface area contributed by atoms with Crippen LogP contribution >= 0.6 is 0 Å². The van der Waals surface area contributed by atoms with E-state index in [-0.39, 0.29) is 0 Å². The van der Waals surface area contributed by atoms with Crippen LogP contribution in [-0.4, -0.2) is 6.21 Å². The van der Waals surface area contributed by atoms with Crippen molar-refractivity contribution >= 4 is 6.21 Å². The first-order chi connectivity index (χ1) is 4.93. The topological polar surface area (TPSA) is 12.4 Å². The van der Waals surface area contributed by atoms with Gasteiger partial charge in [-0.3, -0.25) is 4.99 Å². The molecule has 0 aliphatic heterocycles. The van der Waals surface area contributed by atoms with Crippen LogP contribution in [0.4, 0.5) is 0 Å². The fourth-order valence-corrected chi connectivity index (χ4v) is 0.914. The highest BCUT2D eigenvalue weighted by Crippen LogP contribution is 2.27. The van der Waals surface area contributed by atoms with E-state index >= 15 is 0 Å². The van der Waals surface area contributed by atoms with E-state index in [2.05, 4.69) is 17.6 Å². The average Bonchev–Trinajstić information content (AvgIpc) is 1.84. The Bertz CT molecular complexity index is 152. The molecule has 1 fully saturated rings. The molecule has 0 atom stereocenters. The summed E-state index contributed by atoms with van der Waals surface area (Å²) in [5.74, 6) is 0.807. The van der Waals surface area contributed by atoms with Gasteiger partial charge in [0.05, 0.1) is 0 Å². The molecule has 1 aliphatic carbocycles. The molecule has 1 nitrogen and oxygen atoms in total. The van der Waals surface area contributed by atoms with Crippen molar-refractivity contribution in [2.45, 2.75) is 19.3 Å². The van der Waals surface area contributed by atoms with Gasteiger partial charge in [0.25, 0.3) is 0 Å². The van der Waals surface area contributed by atoms with E-state index in [1.54, 1.807) is 12.3 Å². The van der Waals surface area contributed by atoms with Gasteiger partial charge in [-0.05, 0) is 18.8 Å². The summed E-state index contributed by atoms with van der Waals surface area (Å²) in [6.45, 7) is 3.53. The number of nitrogens with zero attached hydrogens (tertiary/aromatic N) is 1. The van der Waals surface area contributed by atoms with Gasteiger partial charge in [0.2, 0.25) is 0 Å². The van der Waals surface area contributed by atoms with E-state index in [9.17, 15) is 0 Å². The van der Waals surface area contributed by atoms with Crippen molar-refractivity contribution in [3.05, 3.63) is 24.9 Å². The fourth-order valence-electron chi connectivity index (χ4n) is 0.914. The molecule has 1 rings (SSSR count). The van der Waals surface area contributed by atoms with Gasteiger partial charge in [0.1, 0.15) is 0 Å². The van der Waals surface area contributed by atoms with Crippen molar-refractivity contribution in [1.29, 1.82) is 0 Å². The van der Waals surface area contributed by atoms with E-state index in [0.29, 0.717) is 0 Å². The number of hydrogen-bond acceptors (Lipinski definition) is 1. The smallest absolute Gasteiger partial charge is 0.0261 e. The first-order valence-corrected chi connectivity index (χ1v) is 3.74. The third-order valence-electron chi connectivity index (χ3n) is 1.79. The Morgan fingerprint density at radius 3 is 2.70 bits per heavy atom. The van der Waals surface area contributed by atoms with Crippen LogP contribution in [-0.2, 0) is 0 Å². The molecule has 0 heterocycles. The summed E-state index contributed by atoms with van der Waals surface area (Å²) in [4.78, 5) is 3.99. The lowest BCUT2D eigenvalue weighted by Gasteiger charge is -2.20. The third-order valence-corrected chi connectivity index (χ3v) is 1.79. The summed E-state index contributed by atoms with van der Waals surface area (Å²) >= 11 is 0. The normalized spacial score (nSPS) is 20.0. The van der Waals surface area contributed by atoms with Gasteiger partial charge < -0.3 is 0 Å². The van der Waals surface area contributed by atoms with Gasteiger partial charge in [-0.1, -0.05) is 25.2 Å². The zero-order valence-corrected chi connectivity index (χ0v) is 6.16. The Balaban J connectivity index is 2.15. The van der Waals surface area contributed by atoms with Crippen LogP contribution in [0.15, 0.2) is 29.9 Å². The van der Waals surface area contributed by atoms with Crippen molar-refractivity contribution in [1.82, 2.24) is 0 Å². The molecule has 10 heavy (non-hydrogen) atoms. The van der Waals surface area contributed by atoms with Crippen LogP contribution < -0.4 is 0 Å².